The average molecular weight is 265 g/mol. The number of hydrogen-bond acceptors (Lipinski definition) is 3. The molecule has 110 valence electrons. The van der Waals surface area contributed by atoms with Gasteiger partial charge in [-0.05, 0) is 26.7 Å². The average Bonchev–Trinajstić information content (AvgIpc) is 2.50. The van der Waals surface area contributed by atoms with Gasteiger partial charge < -0.3 is 5.32 Å². The number of aryl methyl sites for hydroxylation is 1. The summed E-state index contributed by atoms with van der Waals surface area (Å²) in [5.74, 6) is 0.912. The number of hydrogen-bond donors (Lipinski definition) is 1. The predicted octanol–water partition coefficient (Wildman–Crippen LogP) is 5.13. The van der Waals surface area contributed by atoms with Gasteiger partial charge in [0.25, 0.3) is 0 Å². The second kappa shape index (κ2) is 13.1. The second-order valence-electron chi connectivity index (χ2n) is 3.64. The number of anilines is 1. The van der Waals surface area contributed by atoms with Crippen molar-refractivity contribution in [1.29, 1.82) is 0 Å². The zero-order valence-corrected chi connectivity index (χ0v) is 14.0. The van der Waals surface area contributed by atoms with Gasteiger partial charge >= 0.3 is 0 Å². The van der Waals surface area contributed by atoms with E-state index in [-0.39, 0.29) is 0 Å². The van der Waals surface area contributed by atoms with Crippen LogP contribution in [0.5, 0.6) is 0 Å². The lowest BCUT2D eigenvalue weighted by molar-refractivity contribution is 0.971. The van der Waals surface area contributed by atoms with Crippen LogP contribution in [0.3, 0.4) is 0 Å². The Morgan fingerprint density at radius 2 is 1.74 bits per heavy atom. The molecule has 1 heterocycles. The molecule has 3 nitrogen and oxygen atoms in total. The third kappa shape index (κ3) is 7.60. The number of allylic oxidation sites excluding steroid dienone is 1. The standard InChI is InChI=1S/C12H19N3.2C2H6/c1-5-9(3)7-13-12-10(4)11(6-2)14-8-15-12;2*1-2/h7-8H,5-6H2,1-4H3,(H,13,14,15);2*1-2H3/b9-7+;;. The lowest BCUT2D eigenvalue weighted by Gasteiger charge is -2.08. The van der Waals surface area contributed by atoms with Crippen molar-refractivity contribution in [2.45, 2.75) is 68.2 Å². The maximum absolute atomic E-state index is 4.23. The zero-order chi connectivity index (χ0) is 15.3. The summed E-state index contributed by atoms with van der Waals surface area (Å²) < 4.78 is 0. The third-order valence-electron chi connectivity index (χ3n) is 2.54. The van der Waals surface area contributed by atoms with Gasteiger partial charge in [0.05, 0.1) is 0 Å². The van der Waals surface area contributed by atoms with Gasteiger partial charge in [-0.2, -0.15) is 0 Å². The van der Waals surface area contributed by atoms with Crippen LogP contribution in [0.4, 0.5) is 5.82 Å². The van der Waals surface area contributed by atoms with Gasteiger partial charge in [0.1, 0.15) is 12.1 Å². The molecule has 19 heavy (non-hydrogen) atoms. The van der Waals surface area contributed by atoms with Crippen LogP contribution in [-0.4, -0.2) is 9.97 Å². The number of rotatable bonds is 4. The van der Waals surface area contributed by atoms with Crippen molar-refractivity contribution in [3.8, 4) is 0 Å². The minimum absolute atomic E-state index is 0.912. The summed E-state index contributed by atoms with van der Waals surface area (Å²) in [6, 6.07) is 0. The first-order valence-corrected chi connectivity index (χ1v) is 7.41. The molecule has 0 fully saturated rings. The van der Waals surface area contributed by atoms with E-state index in [0.717, 1.165) is 29.9 Å². The van der Waals surface area contributed by atoms with Crippen LogP contribution < -0.4 is 5.32 Å². The number of nitrogens with one attached hydrogen (secondary N) is 1. The van der Waals surface area contributed by atoms with Crippen molar-refractivity contribution >= 4 is 5.82 Å². The first-order valence-electron chi connectivity index (χ1n) is 7.41. The molecule has 0 saturated heterocycles. The smallest absolute Gasteiger partial charge is 0.136 e. The Bertz CT molecular complexity index is 357. The van der Waals surface area contributed by atoms with Gasteiger partial charge in [0.15, 0.2) is 0 Å². The summed E-state index contributed by atoms with van der Waals surface area (Å²) in [5.41, 5.74) is 3.56. The molecule has 0 amide bonds. The van der Waals surface area contributed by atoms with Crippen molar-refractivity contribution in [2.24, 2.45) is 0 Å². The largest absolute Gasteiger partial charge is 0.346 e. The Morgan fingerprint density at radius 3 is 2.21 bits per heavy atom. The minimum Gasteiger partial charge on any atom is -0.346 e. The fourth-order valence-corrected chi connectivity index (χ4v) is 1.28. The van der Waals surface area contributed by atoms with Crippen LogP contribution in [0.2, 0.25) is 0 Å². The Hall–Kier alpha value is -1.38. The van der Waals surface area contributed by atoms with E-state index in [4.69, 9.17) is 0 Å². The van der Waals surface area contributed by atoms with Crippen molar-refractivity contribution in [2.75, 3.05) is 5.32 Å². The maximum atomic E-state index is 4.23. The van der Waals surface area contributed by atoms with E-state index in [9.17, 15) is 0 Å². The van der Waals surface area contributed by atoms with E-state index in [1.165, 1.54) is 5.57 Å². The SMILES string of the molecule is CC.CC.CC/C(C)=C/Nc1ncnc(CC)c1C. The molecule has 0 spiro atoms. The summed E-state index contributed by atoms with van der Waals surface area (Å²) in [6.45, 7) is 16.4. The van der Waals surface area contributed by atoms with Gasteiger partial charge in [-0.15, -0.1) is 0 Å². The van der Waals surface area contributed by atoms with Crippen LogP contribution in [0.25, 0.3) is 0 Å². The molecule has 0 aliphatic rings. The van der Waals surface area contributed by atoms with Gasteiger partial charge in [-0.25, -0.2) is 9.97 Å². The molecule has 0 saturated carbocycles. The molecule has 1 aromatic rings. The van der Waals surface area contributed by atoms with Crippen LogP contribution in [0.15, 0.2) is 18.1 Å². The third-order valence-corrected chi connectivity index (χ3v) is 2.54. The highest BCUT2D eigenvalue weighted by Gasteiger charge is 2.03. The number of aromatic nitrogens is 2. The van der Waals surface area contributed by atoms with Gasteiger partial charge in [-0.1, -0.05) is 47.1 Å². The molecule has 1 N–H and O–H groups in total. The summed E-state index contributed by atoms with van der Waals surface area (Å²) >= 11 is 0. The quantitative estimate of drug-likeness (QED) is 0.820. The number of nitrogens with zero attached hydrogens (tertiary/aromatic N) is 2. The minimum atomic E-state index is 0.912. The summed E-state index contributed by atoms with van der Waals surface area (Å²) in [4.78, 5) is 8.46. The first kappa shape index (κ1) is 19.9. The van der Waals surface area contributed by atoms with Gasteiger partial charge in [0.2, 0.25) is 0 Å². The molecule has 1 rings (SSSR count). The molecule has 0 aliphatic carbocycles. The Balaban J connectivity index is 0. The Kier molecular flexibility index (Phi) is 13.7. The molecule has 0 atom stereocenters. The summed E-state index contributed by atoms with van der Waals surface area (Å²) in [6.07, 6.45) is 5.62. The molecule has 1 aromatic heterocycles. The molecule has 0 aliphatic heterocycles. The molecular formula is C16H31N3. The van der Waals surface area contributed by atoms with Crippen molar-refractivity contribution in [3.63, 3.8) is 0 Å². The molecule has 0 aromatic carbocycles. The zero-order valence-electron chi connectivity index (χ0n) is 14.0. The summed E-state index contributed by atoms with van der Waals surface area (Å²) in [7, 11) is 0. The normalized spacial score (nSPS) is 9.79. The van der Waals surface area contributed by atoms with Crippen molar-refractivity contribution in [3.05, 3.63) is 29.4 Å². The first-order chi connectivity index (χ1) is 9.19. The van der Waals surface area contributed by atoms with Gasteiger partial charge in [-0.3, -0.25) is 0 Å². The van der Waals surface area contributed by atoms with E-state index in [1.807, 2.05) is 33.9 Å². The predicted molar refractivity (Wildman–Crippen MR) is 86.5 cm³/mol. The fraction of sp³-hybridized carbons (Fsp3) is 0.625. The fourth-order valence-electron chi connectivity index (χ4n) is 1.28. The second-order valence-corrected chi connectivity index (χ2v) is 3.64. The molecular weight excluding hydrogens is 234 g/mol. The van der Waals surface area contributed by atoms with E-state index < -0.39 is 0 Å². The monoisotopic (exact) mass is 265 g/mol. The van der Waals surface area contributed by atoms with E-state index in [0.29, 0.717) is 0 Å². The lowest BCUT2D eigenvalue weighted by atomic mass is 10.2. The van der Waals surface area contributed by atoms with Crippen molar-refractivity contribution < 1.29 is 0 Å². The maximum Gasteiger partial charge on any atom is 0.136 e. The topological polar surface area (TPSA) is 37.8 Å². The van der Waals surface area contributed by atoms with Crippen LogP contribution in [-0.2, 0) is 6.42 Å². The van der Waals surface area contributed by atoms with E-state index in [1.54, 1.807) is 6.33 Å². The Morgan fingerprint density at radius 1 is 1.16 bits per heavy atom. The van der Waals surface area contributed by atoms with Crippen LogP contribution in [0, 0.1) is 6.92 Å². The van der Waals surface area contributed by atoms with Crippen LogP contribution in [0.1, 0.15) is 66.1 Å². The Labute approximate surface area is 119 Å². The summed E-state index contributed by atoms with van der Waals surface area (Å²) in [5, 5.41) is 3.23. The molecule has 0 radical (unpaired) electrons. The van der Waals surface area contributed by atoms with Crippen molar-refractivity contribution in [1.82, 2.24) is 9.97 Å². The van der Waals surface area contributed by atoms with E-state index >= 15 is 0 Å². The van der Waals surface area contributed by atoms with E-state index in [2.05, 4.69) is 43.0 Å². The highest BCUT2D eigenvalue weighted by molar-refractivity contribution is 5.47. The lowest BCUT2D eigenvalue weighted by Crippen LogP contribution is -2.01. The highest BCUT2D eigenvalue weighted by atomic mass is 15.0. The highest BCUT2D eigenvalue weighted by Crippen LogP contribution is 2.14. The van der Waals surface area contributed by atoms with Crippen LogP contribution >= 0.6 is 0 Å². The van der Waals surface area contributed by atoms with Gasteiger partial charge in [0, 0.05) is 17.5 Å². The molecule has 0 bridgehead atoms. The molecule has 0 unspecified atom stereocenters. The molecule has 3 heteroatoms.